The molecule has 1 atom stereocenters. The predicted molar refractivity (Wildman–Crippen MR) is 96.4 cm³/mol. The minimum atomic E-state index is 0.394. The lowest BCUT2D eigenvalue weighted by molar-refractivity contribution is 0.213. The quantitative estimate of drug-likeness (QED) is 0.847. The van der Waals surface area contributed by atoms with Gasteiger partial charge in [-0.2, -0.15) is 0 Å². The average Bonchev–Trinajstić information content (AvgIpc) is 3.04. The van der Waals surface area contributed by atoms with Gasteiger partial charge in [0, 0.05) is 38.4 Å². The van der Waals surface area contributed by atoms with E-state index < -0.39 is 0 Å². The van der Waals surface area contributed by atoms with Gasteiger partial charge >= 0.3 is 0 Å². The van der Waals surface area contributed by atoms with Crippen LogP contribution in [0.4, 0.5) is 5.95 Å². The SMILES string of the molecule is Cn1c(CN2CCCCC2)nnc1[C@@H]1CCCN(c2ncccn2)C1. The van der Waals surface area contributed by atoms with Crippen molar-refractivity contribution in [1.82, 2.24) is 29.6 Å². The fourth-order valence-corrected chi connectivity index (χ4v) is 4.01. The van der Waals surface area contributed by atoms with Crippen LogP contribution in [0.15, 0.2) is 18.5 Å². The topological polar surface area (TPSA) is 63.0 Å². The molecule has 2 aliphatic rings. The van der Waals surface area contributed by atoms with E-state index in [1.54, 1.807) is 0 Å². The van der Waals surface area contributed by atoms with Crippen LogP contribution in [0.2, 0.25) is 0 Å². The van der Waals surface area contributed by atoms with Crippen LogP contribution in [-0.2, 0) is 13.6 Å². The predicted octanol–water partition coefficient (Wildman–Crippen LogP) is 1.97. The lowest BCUT2D eigenvalue weighted by Gasteiger charge is -2.32. The molecule has 7 nitrogen and oxygen atoms in total. The van der Waals surface area contributed by atoms with Gasteiger partial charge in [-0.05, 0) is 44.8 Å². The number of nitrogens with zero attached hydrogens (tertiary/aromatic N) is 7. The minimum Gasteiger partial charge on any atom is -0.340 e. The lowest BCUT2D eigenvalue weighted by atomic mass is 9.97. The zero-order chi connectivity index (χ0) is 17.1. The van der Waals surface area contributed by atoms with E-state index in [1.807, 2.05) is 18.5 Å². The van der Waals surface area contributed by atoms with Crippen molar-refractivity contribution in [3.05, 3.63) is 30.1 Å². The van der Waals surface area contributed by atoms with Crippen molar-refractivity contribution < 1.29 is 0 Å². The minimum absolute atomic E-state index is 0.394. The molecule has 0 bridgehead atoms. The summed E-state index contributed by atoms with van der Waals surface area (Å²) < 4.78 is 2.22. The molecule has 4 rings (SSSR count). The van der Waals surface area contributed by atoms with Crippen LogP contribution < -0.4 is 4.90 Å². The Morgan fingerprint density at radius 1 is 1.00 bits per heavy atom. The molecule has 7 heteroatoms. The normalized spacial score (nSPS) is 22.3. The largest absolute Gasteiger partial charge is 0.340 e. The molecule has 4 heterocycles. The van der Waals surface area contributed by atoms with Crippen molar-refractivity contribution in [2.75, 3.05) is 31.1 Å². The van der Waals surface area contributed by atoms with Gasteiger partial charge in [-0.1, -0.05) is 6.42 Å². The number of likely N-dealkylation sites (tertiary alicyclic amines) is 1. The summed E-state index contributed by atoms with van der Waals surface area (Å²) >= 11 is 0. The molecule has 2 aromatic rings. The standard InChI is InChI=1S/C18H27N7/c1-23-16(14-24-10-3-2-4-11-24)21-22-17(23)15-7-5-12-25(13-15)18-19-8-6-9-20-18/h6,8-9,15H,2-5,7,10-14H2,1H3/t15-/m1/s1. The number of rotatable bonds is 4. The first-order valence-electron chi connectivity index (χ1n) is 9.44. The van der Waals surface area contributed by atoms with E-state index in [0.717, 1.165) is 50.1 Å². The fraction of sp³-hybridized carbons (Fsp3) is 0.667. The van der Waals surface area contributed by atoms with Gasteiger partial charge in [0.1, 0.15) is 11.6 Å². The van der Waals surface area contributed by atoms with Gasteiger partial charge in [-0.25, -0.2) is 9.97 Å². The summed E-state index contributed by atoms with van der Waals surface area (Å²) in [7, 11) is 2.12. The molecule has 2 fully saturated rings. The summed E-state index contributed by atoms with van der Waals surface area (Å²) in [5.74, 6) is 3.41. The maximum absolute atomic E-state index is 4.55. The maximum Gasteiger partial charge on any atom is 0.225 e. The van der Waals surface area contributed by atoms with Crippen molar-refractivity contribution in [2.24, 2.45) is 7.05 Å². The van der Waals surface area contributed by atoms with Gasteiger partial charge in [0.25, 0.3) is 0 Å². The van der Waals surface area contributed by atoms with Crippen molar-refractivity contribution >= 4 is 5.95 Å². The zero-order valence-corrected chi connectivity index (χ0v) is 15.0. The summed E-state index contributed by atoms with van der Waals surface area (Å²) in [5.41, 5.74) is 0. The second-order valence-electron chi connectivity index (χ2n) is 7.20. The van der Waals surface area contributed by atoms with Crippen molar-refractivity contribution in [3.63, 3.8) is 0 Å². The molecule has 0 aliphatic carbocycles. The van der Waals surface area contributed by atoms with E-state index in [-0.39, 0.29) is 0 Å². The highest BCUT2D eigenvalue weighted by atomic mass is 15.3. The molecule has 0 spiro atoms. The third-order valence-corrected chi connectivity index (χ3v) is 5.43. The van der Waals surface area contributed by atoms with Crippen LogP contribution in [0.3, 0.4) is 0 Å². The molecule has 2 saturated heterocycles. The highest BCUT2D eigenvalue weighted by Gasteiger charge is 2.27. The van der Waals surface area contributed by atoms with Gasteiger partial charge in [0.05, 0.1) is 6.54 Å². The summed E-state index contributed by atoms with van der Waals surface area (Å²) in [6.45, 7) is 5.22. The van der Waals surface area contributed by atoms with E-state index in [9.17, 15) is 0 Å². The van der Waals surface area contributed by atoms with Gasteiger partial charge in [0.15, 0.2) is 0 Å². The van der Waals surface area contributed by atoms with Crippen LogP contribution in [0.5, 0.6) is 0 Å². The molecule has 0 saturated carbocycles. The Kier molecular flexibility index (Phi) is 4.92. The van der Waals surface area contributed by atoms with Gasteiger partial charge in [-0.15, -0.1) is 10.2 Å². The Labute approximate surface area is 149 Å². The first-order valence-corrected chi connectivity index (χ1v) is 9.44. The van der Waals surface area contributed by atoms with E-state index in [1.165, 1.54) is 32.4 Å². The molecule has 2 aromatic heterocycles. The molecule has 0 N–H and O–H groups in total. The number of piperidine rings is 2. The van der Waals surface area contributed by atoms with Crippen molar-refractivity contribution in [3.8, 4) is 0 Å². The van der Waals surface area contributed by atoms with Crippen LogP contribution in [-0.4, -0.2) is 55.8 Å². The molecular formula is C18H27N7. The second-order valence-corrected chi connectivity index (χ2v) is 7.20. The summed E-state index contributed by atoms with van der Waals surface area (Å²) in [5, 5.41) is 9.06. The molecule has 0 unspecified atom stereocenters. The number of aromatic nitrogens is 5. The van der Waals surface area contributed by atoms with Crippen molar-refractivity contribution in [1.29, 1.82) is 0 Å². The smallest absolute Gasteiger partial charge is 0.225 e. The molecule has 0 radical (unpaired) electrons. The molecule has 0 amide bonds. The van der Waals surface area contributed by atoms with Gasteiger partial charge in [0.2, 0.25) is 5.95 Å². The Morgan fingerprint density at radius 3 is 2.60 bits per heavy atom. The summed E-state index contributed by atoms with van der Waals surface area (Å²) in [4.78, 5) is 13.6. The van der Waals surface area contributed by atoms with E-state index in [2.05, 4.69) is 41.6 Å². The summed E-state index contributed by atoms with van der Waals surface area (Å²) in [6, 6.07) is 1.86. The third kappa shape index (κ3) is 3.66. The number of hydrogen-bond donors (Lipinski definition) is 0. The molecule has 2 aliphatic heterocycles. The highest BCUT2D eigenvalue weighted by molar-refractivity contribution is 5.30. The van der Waals surface area contributed by atoms with Crippen LogP contribution in [0.25, 0.3) is 0 Å². The van der Waals surface area contributed by atoms with E-state index >= 15 is 0 Å². The lowest BCUT2D eigenvalue weighted by Crippen LogP contribution is -2.36. The highest BCUT2D eigenvalue weighted by Crippen LogP contribution is 2.27. The van der Waals surface area contributed by atoms with E-state index in [0.29, 0.717) is 5.92 Å². The summed E-state index contributed by atoms with van der Waals surface area (Å²) in [6.07, 6.45) is 9.88. The molecular weight excluding hydrogens is 314 g/mol. The molecule has 134 valence electrons. The van der Waals surface area contributed by atoms with Gasteiger partial charge < -0.3 is 9.47 Å². The Bertz CT molecular complexity index is 678. The third-order valence-electron chi connectivity index (χ3n) is 5.43. The number of anilines is 1. The number of hydrogen-bond acceptors (Lipinski definition) is 6. The van der Waals surface area contributed by atoms with Crippen molar-refractivity contribution in [2.45, 2.75) is 44.6 Å². The van der Waals surface area contributed by atoms with Gasteiger partial charge in [-0.3, -0.25) is 4.90 Å². The Hall–Kier alpha value is -2.02. The molecule has 25 heavy (non-hydrogen) atoms. The second kappa shape index (κ2) is 7.47. The monoisotopic (exact) mass is 341 g/mol. The van der Waals surface area contributed by atoms with E-state index in [4.69, 9.17) is 0 Å². The van der Waals surface area contributed by atoms with Crippen LogP contribution in [0, 0.1) is 0 Å². The van der Waals surface area contributed by atoms with Crippen LogP contribution in [0.1, 0.15) is 49.7 Å². The fourth-order valence-electron chi connectivity index (χ4n) is 4.01. The maximum atomic E-state index is 4.55. The first kappa shape index (κ1) is 16.4. The molecule has 0 aromatic carbocycles. The zero-order valence-electron chi connectivity index (χ0n) is 15.0. The Morgan fingerprint density at radius 2 is 1.80 bits per heavy atom. The van der Waals surface area contributed by atoms with Crippen LogP contribution >= 0.6 is 0 Å². The average molecular weight is 341 g/mol. The first-order chi connectivity index (χ1) is 12.3. The Balaban J connectivity index is 1.46.